The molecular weight excluding hydrogens is 375 g/mol. The average molecular weight is 391 g/mol. The van der Waals surface area contributed by atoms with Crippen LogP contribution in [-0.4, -0.2) is 29.5 Å². The Bertz CT molecular complexity index is 897. The Labute approximate surface area is 161 Å². The Morgan fingerprint density at radius 1 is 1.08 bits per heavy atom. The number of benzene rings is 2. The Morgan fingerprint density at radius 2 is 1.73 bits per heavy atom. The van der Waals surface area contributed by atoms with Gasteiger partial charge in [0.15, 0.2) is 5.78 Å². The van der Waals surface area contributed by atoms with Gasteiger partial charge >= 0.3 is 0 Å². The summed E-state index contributed by atoms with van der Waals surface area (Å²) < 4.78 is 5.88. The lowest BCUT2D eigenvalue weighted by Crippen LogP contribution is -2.41. The van der Waals surface area contributed by atoms with Crippen molar-refractivity contribution in [1.29, 1.82) is 0 Å². The molecule has 1 unspecified atom stereocenters. The third-order valence-electron chi connectivity index (χ3n) is 4.09. The Balaban J connectivity index is 2.04. The van der Waals surface area contributed by atoms with Gasteiger partial charge in [-0.1, -0.05) is 53.5 Å². The van der Waals surface area contributed by atoms with E-state index in [-0.39, 0.29) is 33.7 Å². The van der Waals surface area contributed by atoms with Crippen LogP contribution in [0, 0.1) is 0 Å². The molecule has 0 saturated carbocycles. The number of carbonyl (C=O) groups excluding carboxylic acids is 2. The van der Waals surface area contributed by atoms with Gasteiger partial charge in [0.2, 0.25) is 0 Å². The maximum atomic E-state index is 12.6. The van der Waals surface area contributed by atoms with Crippen LogP contribution < -0.4 is 4.74 Å². The van der Waals surface area contributed by atoms with Gasteiger partial charge in [0.05, 0.1) is 5.02 Å². The predicted molar refractivity (Wildman–Crippen MR) is 101 cm³/mol. The minimum absolute atomic E-state index is 0.224. The summed E-state index contributed by atoms with van der Waals surface area (Å²) in [5, 5.41) is 5.59. The van der Waals surface area contributed by atoms with Crippen molar-refractivity contribution >= 4 is 40.6 Å². The highest BCUT2D eigenvalue weighted by Gasteiger charge is 2.40. The zero-order valence-electron chi connectivity index (χ0n) is 14.2. The van der Waals surface area contributed by atoms with E-state index in [4.69, 9.17) is 27.9 Å². The highest BCUT2D eigenvalue weighted by atomic mass is 35.5. The molecule has 0 radical (unpaired) electrons. The molecule has 2 aromatic carbocycles. The fraction of sp³-hybridized carbons (Fsp3) is 0.211. The second kappa shape index (κ2) is 7.48. The number of rotatable bonds is 4. The van der Waals surface area contributed by atoms with E-state index < -0.39 is 17.6 Å². The second-order valence-corrected chi connectivity index (χ2v) is 6.71. The van der Waals surface area contributed by atoms with Crippen molar-refractivity contribution in [2.24, 2.45) is 5.10 Å². The molecule has 1 atom stereocenters. The molecule has 26 heavy (non-hydrogen) atoms. The molecule has 0 aliphatic carbocycles. The number of ketones is 1. The fourth-order valence-electron chi connectivity index (χ4n) is 2.78. The molecule has 0 bridgehead atoms. The van der Waals surface area contributed by atoms with Crippen molar-refractivity contribution in [2.75, 3.05) is 7.05 Å². The van der Waals surface area contributed by atoms with Gasteiger partial charge in [0.25, 0.3) is 5.91 Å². The number of amides is 1. The van der Waals surface area contributed by atoms with E-state index in [9.17, 15) is 9.59 Å². The van der Waals surface area contributed by atoms with Gasteiger partial charge in [0.1, 0.15) is 24.0 Å². The first-order valence-corrected chi connectivity index (χ1v) is 8.67. The maximum Gasteiger partial charge on any atom is 0.258 e. The zero-order chi connectivity index (χ0) is 18.8. The number of nitrogens with zero attached hydrogens (tertiary/aromatic N) is 2. The van der Waals surface area contributed by atoms with Crippen molar-refractivity contribution in [3.05, 3.63) is 63.6 Å². The van der Waals surface area contributed by atoms with Crippen LogP contribution in [0.2, 0.25) is 10.0 Å². The molecule has 5 nitrogen and oxygen atoms in total. The molecule has 0 fully saturated rings. The summed E-state index contributed by atoms with van der Waals surface area (Å²) >= 11 is 12.6. The molecule has 0 saturated heterocycles. The third-order valence-corrected chi connectivity index (χ3v) is 4.72. The third kappa shape index (κ3) is 3.45. The first-order valence-electron chi connectivity index (χ1n) is 7.91. The number of Topliss-reactive ketones (excluding diaryl/α,β-unsaturated/α-hetero) is 1. The minimum atomic E-state index is -1.13. The molecule has 0 aromatic heterocycles. The number of hydrogen-bond donors (Lipinski definition) is 0. The van der Waals surface area contributed by atoms with Crippen molar-refractivity contribution in [1.82, 2.24) is 5.01 Å². The van der Waals surface area contributed by atoms with Crippen LogP contribution in [0.3, 0.4) is 0 Å². The number of hydrazone groups is 1. The standard InChI is InChI=1S/C19H16Cl2N2O3/c1-11-17(24)16(19(25)23(2)22-11)15-13(20)8-9-14(21)18(15)26-10-12-6-4-3-5-7-12/h3-9,16H,10H2,1-2H3. The molecule has 1 heterocycles. The van der Waals surface area contributed by atoms with Crippen molar-refractivity contribution in [2.45, 2.75) is 19.4 Å². The van der Waals surface area contributed by atoms with Crippen molar-refractivity contribution < 1.29 is 14.3 Å². The maximum absolute atomic E-state index is 12.6. The number of ether oxygens (including phenoxy) is 1. The van der Waals surface area contributed by atoms with Crippen LogP contribution in [0.4, 0.5) is 0 Å². The molecule has 0 N–H and O–H groups in total. The summed E-state index contributed by atoms with van der Waals surface area (Å²) in [4.78, 5) is 25.2. The summed E-state index contributed by atoms with van der Waals surface area (Å²) in [6.45, 7) is 1.78. The van der Waals surface area contributed by atoms with Crippen molar-refractivity contribution in [3.8, 4) is 5.75 Å². The van der Waals surface area contributed by atoms with Gasteiger partial charge in [-0.25, -0.2) is 5.01 Å². The van der Waals surface area contributed by atoms with Crippen LogP contribution in [0.25, 0.3) is 0 Å². The molecular formula is C19H16Cl2N2O3. The summed E-state index contributed by atoms with van der Waals surface area (Å²) in [5.41, 5.74) is 1.42. The first kappa shape index (κ1) is 18.4. The monoisotopic (exact) mass is 390 g/mol. The van der Waals surface area contributed by atoms with Gasteiger partial charge < -0.3 is 4.74 Å². The molecule has 2 aromatic rings. The van der Waals surface area contributed by atoms with Crippen LogP contribution in [0.15, 0.2) is 47.6 Å². The van der Waals surface area contributed by atoms with Gasteiger partial charge in [0, 0.05) is 17.6 Å². The lowest BCUT2D eigenvalue weighted by atomic mass is 9.89. The normalized spacial score (nSPS) is 17.3. The lowest BCUT2D eigenvalue weighted by molar-refractivity contribution is -0.136. The van der Waals surface area contributed by atoms with E-state index in [0.717, 1.165) is 10.6 Å². The Morgan fingerprint density at radius 3 is 2.42 bits per heavy atom. The molecule has 134 valence electrons. The van der Waals surface area contributed by atoms with Crippen LogP contribution >= 0.6 is 23.2 Å². The first-order chi connectivity index (χ1) is 12.4. The molecule has 1 amide bonds. The van der Waals surface area contributed by atoms with E-state index in [1.807, 2.05) is 30.3 Å². The van der Waals surface area contributed by atoms with Crippen LogP contribution in [0.5, 0.6) is 5.75 Å². The van der Waals surface area contributed by atoms with Gasteiger partial charge in [-0.15, -0.1) is 0 Å². The zero-order valence-corrected chi connectivity index (χ0v) is 15.7. The summed E-state index contributed by atoms with van der Waals surface area (Å²) in [6, 6.07) is 12.6. The van der Waals surface area contributed by atoms with Gasteiger partial charge in [-0.05, 0) is 24.6 Å². The molecule has 3 rings (SSSR count). The number of likely N-dealkylation sites (N-methyl/N-ethyl adjacent to an activating group) is 1. The van der Waals surface area contributed by atoms with Gasteiger partial charge in [-0.3, -0.25) is 9.59 Å². The quantitative estimate of drug-likeness (QED) is 0.739. The van der Waals surface area contributed by atoms with Crippen molar-refractivity contribution in [3.63, 3.8) is 0 Å². The molecule has 1 aliphatic rings. The van der Waals surface area contributed by atoms with E-state index in [1.54, 1.807) is 19.1 Å². The lowest BCUT2D eigenvalue weighted by Gasteiger charge is -2.27. The largest absolute Gasteiger partial charge is 0.487 e. The second-order valence-electron chi connectivity index (χ2n) is 5.89. The molecule has 7 heteroatoms. The van der Waals surface area contributed by atoms with E-state index in [2.05, 4.69) is 5.10 Å². The summed E-state index contributed by atoms with van der Waals surface area (Å²) in [5.74, 6) is -1.79. The highest BCUT2D eigenvalue weighted by Crippen LogP contribution is 2.41. The van der Waals surface area contributed by atoms with E-state index >= 15 is 0 Å². The summed E-state index contributed by atoms with van der Waals surface area (Å²) in [6.07, 6.45) is 0. The summed E-state index contributed by atoms with van der Waals surface area (Å²) in [7, 11) is 1.49. The minimum Gasteiger partial charge on any atom is -0.487 e. The smallest absolute Gasteiger partial charge is 0.258 e. The van der Waals surface area contributed by atoms with E-state index in [1.165, 1.54) is 7.05 Å². The van der Waals surface area contributed by atoms with Crippen LogP contribution in [0.1, 0.15) is 24.0 Å². The number of carbonyl (C=O) groups is 2. The molecule has 0 spiro atoms. The number of hydrogen-bond acceptors (Lipinski definition) is 4. The van der Waals surface area contributed by atoms with Gasteiger partial charge in [-0.2, -0.15) is 5.10 Å². The topological polar surface area (TPSA) is 59.0 Å². The van der Waals surface area contributed by atoms with E-state index in [0.29, 0.717) is 0 Å². The molecule has 1 aliphatic heterocycles. The Kier molecular flexibility index (Phi) is 5.30. The Hall–Kier alpha value is -2.37. The fourth-order valence-corrected chi connectivity index (χ4v) is 3.26. The SMILES string of the molecule is CC1=NN(C)C(=O)C(c2c(Cl)ccc(Cl)c2OCc2ccccc2)C1=O. The number of halogens is 2. The van der Waals surface area contributed by atoms with Crippen LogP contribution in [-0.2, 0) is 16.2 Å². The predicted octanol–water partition coefficient (Wildman–Crippen LogP) is 4.07. The highest BCUT2D eigenvalue weighted by molar-refractivity contribution is 6.47. The average Bonchev–Trinajstić information content (AvgIpc) is 2.63.